The summed E-state index contributed by atoms with van der Waals surface area (Å²) in [5, 5.41) is 6.49. The highest BCUT2D eigenvalue weighted by Crippen LogP contribution is 2.19. The molecule has 0 spiro atoms. The van der Waals surface area contributed by atoms with E-state index < -0.39 is 11.5 Å². The lowest BCUT2D eigenvalue weighted by atomic mass is 10.1. The van der Waals surface area contributed by atoms with Crippen LogP contribution in [0.5, 0.6) is 0 Å². The number of hydrogen-bond acceptors (Lipinski definition) is 5. The molecule has 0 saturated carbocycles. The fraction of sp³-hybridized carbons (Fsp3) is 0.111. The zero-order valence-electron chi connectivity index (χ0n) is 13.5. The number of nitrogens with one attached hydrogen (secondary N) is 3. The molecule has 1 amide bonds. The Balaban J connectivity index is 1.72. The maximum Gasteiger partial charge on any atom is 0.260 e. The maximum atomic E-state index is 11.9. The summed E-state index contributed by atoms with van der Waals surface area (Å²) in [6.07, 6.45) is 2.97. The van der Waals surface area contributed by atoms with Crippen LogP contribution in [0.15, 0.2) is 47.7 Å². The molecule has 0 aliphatic rings. The molecule has 7 heteroatoms. The smallest absolute Gasteiger partial charge is 0.260 e. The Hall–Kier alpha value is -3.66. The number of aromatic nitrogens is 3. The zero-order chi connectivity index (χ0) is 17.6. The fourth-order valence-electron chi connectivity index (χ4n) is 2.30. The van der Waals surface area contributed by atoms with Crippen LogP contribution in [0.1, 0.15) is 15.9 Å². The number of pyridine rings is 1. The first-order chi connectivity index (χ1) is 12.2. The molecule has 2 heterocycles. The molecule has 1 aromatic carbocycles. The summed E-state index contributed by atoms with van der Waals surface area (Å²) >= 11 is 0. The molecule has 3 rings (SSSR count). The maximum absolute atomic E-state index is 11.9. The minimum atomic E-state index is -0.458. The molecule has 3 N–H and O–H groups in total. The summed E-state index contributed by atoms with van der Waals surface area (Å²) < 4.78 is 0. The number of benzene rings is 1. The third-order valence-electron chi connectivity index (χ3n) is 3.50. The number of nitrogens with zero attached hydrogens (tertiary/aromatic N) is 2. The van der Waals surface area contributed by atoms with Crippen LogP contribution < -0.4 is 16.2 Å². The molecular weight excluding hydrogens is 318 g/mol. The van der Waals surface area contributed by atoms with Crippen LogP contribution in [-0.2, 0) is 0 Å². The SMILES string of the molecule is CNc1ncnc2ccc(C#CCNC(=O)c3ccc[nH]c3=O)cc12. The summed E-state index contributed by atoms with van der Waals surface area (Å²) in [5.41, 5.74) is 1.24. The Morgan fingerprint density at radius 2 is 2.16 bits per heavy atom. The third-order valence-corrected chi connectivity index (χ3v) is 3.50. The summed E-state index contributed by atoms with van der Waals surface area (Å²) in [6.45, 7) is 0.134. The van der Waals surface area contributed by atoms with Crippen molar-refractivity contribution in [3.63, 3.8) is 0 Å². The van der Waals surface area contributed by atoms with Gasteiger partial charge in [0.2, 0.25) is 0 Å². The van der Waals surface area contributed by atoms with Crippen molar-refractivity contribution in [2.24, 2.45) is 0 Å². The van der Waals surface area contributed by atoms with Gasteiger partial charge in [-0.25, -0.2) is 9.97 Å². The lowest BCUT2D eigenvalue weighted by Crippen LogP contribution is -2.29. The Kier molecular flexibility index (Phi) is 4.72. The Morgan fingerprint density at radius 3 is 2.96 bits per heavy atom. The molecule has 0 atom stereocenters. The highest BCUT2D eigenvalue weighted by Gasteiger charge is 2.07. The predicted molar refractivity (Wildman–Crippen MR) is 95.4 cm³/mol. The molecule has 124 valence electrons. The van der Waals surface area contributed by atoms with Gasteiger partial charge in [0.05, 0.1) is 12.1 Å². The van der Waals surface area contributed by atoms with E-state index >= 15 is 0 Å². The van der Waals surface area contributed by atoms with Gasteiger partial charge in [0.25, 0.3) is 11.5 Å². The summed E-state index contributed by atoms with van der Waals surface area (Å²) in [5.74, 6) is 6.11. The summed E-state index contributed by atoms with van der Waals surface area (Å²) in [6, 6.07) is 8.66. The van der Waals surface area contributed by atoms with Crippen molar-refractivity contribution < 1.29 is 4.79 Å². The number of carbonyl (C=O) groups excluding carboxylic acids is 1. The number of fused-ring (bicyclic) bond motifs is 1. The van der Waals surface area contributed by atoms with Crippen molar-refractivity contribution in [2.45, 2.75) is 0 Å². The van der Waals surface area contributed by atoms with Crippen molar-refractivity contribution in [1.29, 1.82) is 0 Å². The van der Waals surface area contributed by atoms with E-state index in [1.54, 1.807) is 13.1 Å². The molecule has 0 radical (unpaired) electrons. The van der Waals surface area contributed by atoms with Gasteiger partial charge in [-0.3, -0.25) is 9.59 Å². The number of H-pyrrole nitrogens is 1. The van der Waals surface area contributed by atoms with Crippen molar-refractivity contribution >= 4 is 22.6 Å². The topological polar surface area (TPSA) is 99.8 Å². The molecule has 0 aliphatic carbocycles. The number of carbonyl (C=O) groups is 1. The van der Waals surface area contributed by atoms with Gasteiger partial charge in [-0.1, -0.05) is 11.8 Å². The van der Waals surface area contributed by atoms with Gasteiger partial charge < -0.3 is 15.6 Å². The normalized spacial score (nSPS) is 9.96. The van der Waals surface area contributed by atoms with Crippen molar-refractivity contribution in [2.75, 3.05) is 18.9 Å². The first-order valence-corrected chi connectivity index (χ1v) is 7.56. The number of rotatable bonds is 3. The predicted octanol–water partition coefficient (Wildman–Crippen LogP) is 1.14. The van der Waals surface area contributed by atoms with Crippen molar-refractivity contribution in [3.8, 4) is 11.8 Å². The van der Waals surface area contributed by atoms with Crippen LogP contribution in [-0.4, -0.2) is 34.5 Å². The molecular formula is C18H15N5O2. The van der Waals surface area contributed by atoms with Gasteiger partial charge in [-0.15, -0.1) is 0 Å². The van der Waals surface area contributed by atoms with E-state index in [-0.39, 0.29) is 12.1 Å². The molecule has 3 aromatic rings. The van der Waals surface area contributed by atoms with Crippen LogP contribution in [0.25, 0.3) is 10.9 Å². The number of anilines is 1. The van der Waals surface area contributed by atoms with Crippen LogP contribution in [0.2, 0.25) is 0 Å². The van der Waals surface area contributed by atoms with Gasteiger partial charge in [-0.2, -0.15) is 0 Å². The third kappa shape index (κ3) is 3.64. The van der Waals surface area contributed by atoms with E-state index in [1.165, 1.54) is 18.6 Å². The van der Waals surface area contributed by atoms with Gasteiger partial charge in [-0.05, 0) is 30.3 Å². The first kappa shape index (κ1) is 16.2. The van der Waals surface area contributed by atoms with Gasteiger partial charge in [0.15, 0.2) is 0 Å². The lowest BCUT2D eigenvalue weighted by molar-refractivity contribution is 0.0957. The zero-order valence-corrected chi connectivity index (χ0v) is 13.5. The van der Waals surface area contributed by atoms with Crippen LogP contribution >= 0.6 is 0 Å². The number of hydrogen-bond donors (Lipinski definition) is 3. The van der Waals surface area contributed by atoms with E-state index in [0.717, 1.165) is 22.3 Å². The van der Waals surface area contributed by atoms with Crippen molar-refractivity contribution in [1.82, 2.24) is 20.3 Å². The molecule has 0 unspecified atom stereocenters. The summed E-state index contributed by atoms with van der Waals surface area (Å²) in [4.78, 5) is 34.3. The van der Waals surface area contributed by atoms with E-state index in [9.17, 15) is 9.59 Å². The average Bonchev–Trinajstić information content (AvgIpc) is 2.64. The van der Waals surface area contributed by atoms with Crippen LogP contribution in [0.3, 0.4) is 0 Å². The van der Waals surface area contributed by atoms with E-state index in [2.05, 4.69) is 37.4 Å². The molecule has 2 aromatic heterocycles. The Morgan fingerprint density at radius 1 is 1.28 bits per heavy atom. The molecule has 25 heavy (non-hydrogen) atoms. The van der Waals surface area contributed by atoms with Crippen LogP contribution in [0.4, 0.5) is 5.82 Å². The van der Waals surface area contributed by atoms with Gasteiger partial charge >= 0.3 is 0 Å². The first-order valence-electron chi connectivity index (χ1n) is 7.56. The standard InChI is InChI=1S/C18H15N5O2/c1-19-16-14-10-12(6-7-15(14)22-11-23-16)4-2-8-20-17(24)13-5-3-9-21-18(13)25/h3,5-7,9-11H,8H2,1H3,(H,20,24)(H,21,25)(H,19,22,23). The second-order valence-electron chi connectivity index (χ2n) is 5.10. The second-order valence-corrected chi connectivity index (χ2v) is 5.10. The Bertz CT molecular complexity index is 1050. The van der Waals surface area contributed by atoms with Crippen molar-refractivity contribution in [3.05, 3.63) is 64.3 Å². The quantitative estimate of drug-likeness (QED) is 0.624. The van der Waals surface area contributed by atoms with Gasteiger partial charge in [0.1, 0.15) is 17.7 Å². The Labute approximate surface area is 143 Å². The molecule has 7 nitrogen and oxygen atoms in total. The minimum Gasteiger partial charge on any atom is -0.373 e. The van der Waals surface area contributed by atoms with Crippen LogP contribution in [0, 0.1) is 11.8 Å². The minimum absolute atomic E-state index is 0.0609. The molecule has 0 aliphatic heterocycles. The van der Waals surface area contributed by atoms with E-state index in [1.807, 2.05) is 18.2 Å². The lowest BCUT2D eigenvalue weighted by Gasteiger charge is -2.03. The van der Waals surface area contributed by atoms with E-state index in [4.69, 9.17) is 0 Å². The monoisotopic (exact) mass is 333 g/mol. The largest absolute Gasteiger partial charge is 0.373 e. The average molecular weight is 333 g/mol. The molecule has 0 bridgehead atoms. The molecule has 0 saturated heterocycles. The number of aromatic amines is 1. The highest BCUT2D eigenvalue weighted by atomic mass is 16.2. The fourth-order valence-corrected chi connectivity index (χ4v) is 2.30. The molecule has 0 fully saturated rings. The summed E-state index contributed by atoms with van der Waals surface area (Å²) in [7, 11) is 1.79. The van der Waals surface area contributed by atoms with Gasteiger partial charge in [0, 0.05) is 24.2 Å². The highest BCUT2D eigenvalue weighted by molar-refractivity contribution is 5.94. The number of amides is 1. The second kappa shape index (κ2) is 7.27. The van der Waals surface area contributed by atoms with E-state index in [0.29, 0.717) is 0 Å².